The van der Waals surface area contributed by atoms with E-state index in [0.29, 0.717) is 0 Å². The SMILES string of the molecule is Nc1ccn(C[C@@H](CO)OCO[PH](=O)OCO[C@H](CO)Cn2ccc(N)nc2=O)c(=O)n1. The van der Waals surface area contributed by atoms with Gasteiger partial charge in [-0.15, -0.1) is 0 Å². The Kier molecular flexibility index (Phi) is 10.4. The van der Waals surface area contributed by atoms with Gasteiger partial charge in [0, 0.05) is 12.4 Å². The lowest BCUT2D eigenvalue weighted by Crippen LogP contribution is -2.32. The minimum atomic E-state index is -3.03. The molecule has 0 radical (unpaired) electrons. The topological polar surface area (TPSA) is 216 Å². The third-order valence-corrected chi connectivity index (χ3v) is 4.67. The molecule has 2 rings (SSSR count). The molecule has 32 heavy (non-hydrogen) atoms. The molecular weight excluding hydrogens is 451 g/mol. The molecule has 178 valence electrons. The fourth-order valence-corrected chi connectivity index (χ4v) is 2.74. The Bertz CT molecular complexity index is 923. The number of aliphatic hydroxyl groups excluding tert-OH is 2. The number of anilines is 2. The number of rotatable bonds is 14. The van der Waals surface area contributed by atoms with E-state index in [0.717, 1.165) is 0 Å². The van der Waals surface area contributed by atoms with Gasteiger partial charge in [-0.3, -0.25) is 22.7 Å². The maximum Gasteiger partial charge on any atom is 0.349 e. The minimum Gasteiger partial charge on any atom is -0.394 e. The zero-order chi connectivity index (χ0) is 23.5. The van der Waals surface area contributed by atoms with Gasteiger partial charge >= 0.3 is 19.6 Å². The molecule has 0 saturated carbocycles. The Morgan fingerprint density at radius 1 is 0.875 bits per heavy atom. The van der Waals surface area contributed by atoms with E-state index >= 15 is 0 Å². The van der Waals surface area contributed by atoms with E-state index in [1.54, 1.807) is 0 Å². The zero-order valence-corrected chi connectivity index (χ0v) is 17.9. The number of hydrogen-bond donors (Lipinski definition) is 4. The number of nitrogens with zero attached hydrogens (tertiary/aromatic N) is 4. The molecule has 15 nitrogen and oxygen atoms in total. The molecule has 2 aromatic rings. The Balaban J connectivity index is 1.70. The van der Waals surface area contributed by atoms with Crippen LogP contribution in [0.3, 0.4) is 0 Å². The molecule has 0 saturated heterocycles. The Morgan fingerprint density at radius 2 is 1.28 bits per heavy atom. The summed E-state index contributed by atoms with van der Waals surface area (Å²) in [5.41, 5.74) is 9.58. The third kappa shape index (κ3) is 8.47. The van der Waals surface area contributed by atoms with Gasteiger partial charge in [0.15, 0.2) is 13.6 Å². The number of aromatic nitrogens is 4. The van der Waals surface area contributed by atoms with Crippen molar-refractivity contribution >= 4 is 19.9 Å². The molecule has 0 aliphatic heterocycles. The van der Waals surface area contributed by atoms with Gasteiger partial charge in [-0.25, -0.2) is 9.59 Å². The first-order valence-electron chi connectivity index (χ1n) is 9.22. The van der Waals surface area contributed by atoms with Gasteiger partial charge in [-0.05, 0) is 12.1 Å². The summed E-state index contributed by atoms with van der Waals surface area (Å²) >= 11 is 0. The maximum absolute atomic E-state index is 11.8. The standard InChI is InChI=1S/C16H25N6O9P/c17-13-1-3-21(15(25)19-13)5-11(7-23)28-9-30-32(27)31-10-29-12(8-24)6-22-4-2-14(18)20-16(22)26/h1-4,11-12,23-24,32H,5-10H2,(H2,17,19,25)(H2,18,20,26)/t11-,12-/m0/s1. The second-order valence-corrected chi connectivity index (χ2v) is 7.37. The number of aliphatic hydroxyl groups is 2. The van der Waals surface area contributed by atoms with Crippen LogP contribution in [-0.4, -0.2) is 68.3 Å². The van der Waals surface area contributed by atoms with Crippen molar-refractivity contribution < 1.29 is 33.3 Å². The Labute approximate surface area is 182 Å². The van der Waals surface area contributed by atoms with E-state index in [2.05, 4.69) is 9.97 Å². The molecule has 0 fully saturated rings. The highest BCUT2D eigenvalue weighted by molar-refractivity contribution is 7.33. The van der Waals surface area contributed by atoms with Crippen molar-refractivity contribution in [2.24, 2.45) is 0 Å². The average Bonchev–Trinajstić information content (AvgIpc) is 2.75. The predicted octanol–water partition coefficient (Wildman–Crippen LogP) is -2.24. The maximum atomic E-state index is 11.8. The quantitative estimate of drug-likeness (QED) is 0.168. The van der Waals surface area contributed by atoms with Crippen molar-refractivity contribution in [2.75, 3.05) is 38.3 Å². The van der Waals surface area contributed by atoms with Gasteiger partial charge in [0.1, 0.15) is 23.8 Å². The summed E-state index contributed by atoms with van der Waals surface area (Å²) < 4.78 is 34.3. The van der Waals surface area contributed by atoms with Gasteiger partial charge in [0.25, 0.3) is 0 Å². The number of nitrogens with two attached hydrogens (primary N) is 2. The first kappa shape index (κ1) is 25.6. The van der Waals surface area contributed by atoms with E-state index in [-0.39, 0.29) is 24.7 Å². The molecule has 6 N–H and O–H groups in total. The highest BCUT2D eigenvalue weighted by Crippen LogP contribution is 2.23. The number of ether oxygens (including phenoxy) is 2. The van der Waals surface area contributed by atoms with E-state index in [4.69, 9.17) is 30.0 Å². The lowest BCUT2D eigenvalue weighted by molar-refractivity contribution is -0.0844. The van der Waals surface area contributed by atoms with E-state index in [1.807, 2.05) is 0 Å². The molecule has 0 spiro atoms. The molecule has 0 bridgehead atoms. The molecule has 16 heteroatoms. The lowest BCUT2D eigenvalue weighted by Gasteiger charge is -2.17. The van der Waals surface area contributed by atoms with Crippen LogP contribution in [-0.2, 0) is 36.2 Å². The smallest absolute Gasteiger partial charge is 0.349 e. The van der Waals surface area contributed by atoms with Crippen LogP contribution in [0.4, 0.5) is 11.6 Å². The molecule has 0 unspecified atom stereocenters. The van der Waals surface area contributed by atoms with Crippen LogP contribution >= 0.6 is 8.25 Å². The van der Waals surface area contributed by atoms with Gasteiger partial charge in [0.05, 0.1) is 26.3 Å². The highest BCUT2D eigenvalue weighted by Gasteiger charge is 2.13. The first-order valence-corrected chi connectivity index (χ1v) is 10.4. The van der Waals surface area contributed by atoms with Gasteiger partial charge in [-0.1, -0.05) is 0 Å². The van der Waals surface area contributed by atoms with Crippen molar-refractivity contribution in [3.05, 3.63) is 45.5 Å². The fraction of sp³-hybridized carbons (Fsp3) is 0.500. The summed E-state index contributed by atoms with van der Waals surface area (Å²) in [5.74, 6) is 0.129. The van der Waals surface area contributed by atoms with Crippen LogP contribution in [0.2, 0.25) is 0 Å². The second kappa shape index (κ2) is 13.0. The van der Waals surface area contributed by atoms with Crippen LogP contribution < -0.4 is 22.8 Å². The lowest BCUT2D eigenvalue weighted by atomic mass is 10.3. The van der Waals surface area contributed by atoms with Crippen molar-refractivity contribution in [1.82, 2.24) is 19.1 Å². The zero-order valence-electron chi connectivity index (χ0n) is 16.9. The van der Waals surface area contributed by atoms with Crippen LogP contribution in [0.25, 0.3) is 0 Å². The summed E-state index contributed by atoms with van der Waals surface area (Å²) in [7, 11) is -3.03. The Morgan fingerprint density at radius 3 is 1.62 bits per heavy atom. The van der Waals surface area contributed by atoms with E-state index in [9.17, 15) is 24.4 Å². The average molecular weight is 476 g/mol. The highest BCUT2D eigenvalue weighted by atomic mass is 31.1. The molecule has 0 aliphatic carbocycles. The predicted molar refractivity (Wildman–Crippen MR) is 111 cm³/mol. The number of nitrogen functional groups attached to an aromatic ring is 2. The minimum absolute atomic E-state index is 0.0333. The van der Waals surface area contributed by atoms with Crippen molar-refractivity contribution in [1.29, 1.82) is 0 Å². The molecule has 2 atom stereocenters. The molecular formula is C16H25N6O9P. The van der Waals surface area contributed by atoms with Crippen LogP contribution in [0.15, 0.2) is 34.1 Å². The normalized spacial score (nSPS) is 13.3. The van der Waals surface area contributed by atoms with Crippen LogP contribution in [0.1, 0.15) is 0 Å². The second-order valence-electron chi connectivity index (χ2n) is 6.29. The Hall–Kier alpha value is -2.65. The fourth-order valence-electron chi connectivity index (χ4n) is 2.33. The van der Waals surface area contributed by atoms with Crippen molar-refractivity contribution in [2.45, 2.75) is 25.3 Å². The summed E-state index contributed by atoms with van der Waals surface area (Å²) in [4.78, 5) is 30.5. The summed E-state index contributed by atoms with van der Waals surface area (Å²) in [6.07, 6.45) is 1.12. The van der Waals surface area contributed by atoms with Crippen LogP contribution in [0, 0.1) is 0 Å². The van der Waals surface area contributed by atoms with Crippen molar-refractivity contribution in [3.8, 4) is 0 Å². The summed E-state index contributed by atoms with van der Waals surface area (Å²) in [6, 6.07) is 2.83. The molecule has 0 aliphatic rings. The largest absolute Gasteiger partial charge is 0.394 e. The molecule has 2 aromatic heterocycles. The van der Waals surface area contributed by atoms with Gasteiger partial charge < -0.3 is 31.2 Å². The molecule has 0 amide bonds. The monoisotopic (exact) mass is 476 g/mol. The van der Waals surface area contributed by atoms with E-state index in [1.165, 1.54) is 33.7 Å². The molecule has 0 aromatic carbocycles. The summed E-state index contributed by atoms with van der Waals surface area (Å²) in [6.45, 7) is -1.93. The van der Waals surface area contributed by atoms with Gasteiger partial charge in [0.2, 0.25) is 0 Å². The molecule has 2 heterocycles. The first-order chi connectivity index (χ1) is 15.3. The van der Waals surface area contributed by atoms with Crippen LogP contribution in [0.5, 0.6) is 0 Å². The summed E-state index contributed by atoms with van der Waals surface area (Å²) in [5, 5.41) is 18.7. The number of hydrogen-bond acceptors (Lipinski definition) is 13. The van der Waals surface area contributed by atoms with E-state index < -0.39 is 58.6 Å². The van der Waals surface area contributed by atoms with Gasteiger partial charge in [-0.2, -0.15) is 9.97 Å². The third-order valence-electron chi connectivity index (χ3n) is 3.96. The van der Waals surface area contributed by atoms with Crippen molar-refractivity contribution in [3.63, 3.8) is 0 Å².